The second kappa shape index (κ2) is 8.24. The summed E-state index contributed by atoms with van der Waals surface area (Å²) in [4.78, 5) is 19.1. The summed E-state index contributed by atoms with van der Waals surface area (Å²) in [6, 6.07) is 0. The van der Waals surface area contributed by atoms with Gasteiger partial charge in [-0.25, -0.2) is 9.59 Å². The van der Waals surface area contributed by atoms with Crippen molar-refractivity contribution in [3.05, 3.63) is 36.6 Å². The second-order valence-electron chi connectivity index (χ2n) is 2.16. The van der Waals surface area contributed by atoms with Crippen LogP contribution in [0.15, 0.2) is 41.7 Å². The summed E-state index contributed by atoms with van der Waals surface area (Å²) in [6.07, 6.45) is 10.2. The van der Waals surface area contributed by atoms with Gasteiger partial charge in [-0.05, 0) is 12.2 Å². The second-order valence-corrected chi connectivity index (χ2v) is 2.16. The van der Waals surface area contributed by atoms with Crippen LogP contribution in [0.3, 0.4) is 0 Å². The maximum Gasteiger partial charge on any atom is 0.328 e. The van der Waals surface area contributed by atoms with Gasteiger partial charge in [-0.15, -0.1) is 0 Å². The van der Waals surface area contributed by atoms with Crippen molar-refractivity contribution >= 4 is 18.2 Å². The molecule has 6 nitrogen and oxygen atoms in total. The highest BCUT2D eigenvalue weighted by Gasteiger charge is 1.88. The maximum absolute atomic E-state index is 9.55. The number of carbonyl (C=O) groups is 2. The lowest BCUT2D eigenvalue weighted by Crippen LogP contribution is -1.91. The number of hydrogen-bond donors (Lipinski definition) is 3. The van der Waals surface area contributed by atoms with Gasteiger partial charge in [0, 0.05) is 24.6 Å². The summed E-state index contributed by atoms with van der Waals surface area (Å²) in [5, 5.41) is 19.3. The zero-order chi connectivity index (χ0) is 11.5. The Labute approximate surface area is 85.9 Å². The van der Waals surface area contributed by atoms with Crippen LogP contribution in [0.4, 0.5) is 0 Å². The summed E-state index contributed by atoms with van der Waals surface area (Å²) in [7, 11) is 0. The van der Waals surface area contributed by atoms with Crippen molar-refractivity contribution in [1.29, 1.82) is 0 Å². The van der Waals surface area contributed by atoms with Gasteiger partial charge in [0.2, 0.25) is 0 Å². The van der Waals surface area contributed by atoms with Crippen molar-refractivity contribution in [3.63, 3.8) is 0 Å². The molecule has 0 saturated carbocycles. The fraction of sp³-hybridized carbons (Fsp3) is 0. The zero-order valence-electron chi connectivity index (χ0n) is 7.70. The topological polar surface area (TPSA) is 99.0 Å². The monoisotopic (exact) mass is 210 g/mol. The number of rotatable bonds is 2. The average Bonchev–Trinajstić information content (AvgIpc) is 2.47. The van der Waals surface area contributed by atoms with E-state index >= 15 is 0 Å². The molecule has 0 atom stereocenters. The van der Waals surface area contributed by atoms with Crippen LogP contribution in [0.1, 0.15) is 0 Å². The maximum atomic E-state index is 9.55. The summed E-state index contributed by atoms with van der Waals surface area (Å²) in [5.74, 6) is -2.51. The average molecular weight is 210 g/mol. The predicted molar refractivity (Wildman–Crippen MR) is 54.3 cm³/mol. The van der Waals surface area contributed by atoms with E-state index in [1.54, 1.807) is 12.4 Å². The summed E-state index contributed by atoms with van der Waals surface area (Å²) in [5.41, 5.74) is 2.67. The summed E-state index contributed by atoms with van der Waals surface area (Å²) < 4.78 is 0. The fourth-order valence-electron chi connectivity index (χ4n) is 0.484. The quantitative estimate of drug-likeness (QED) is 0.571. The van der Waals surface area contributed by atoms with Crippen LogP contribution >= 0.6 is 0 Å². The molecule has 0 radical (unpaired) electrons. The Morgan fingerprint density at radius 2 is 1.67 bits per heavy atom. The number of hydrazone groups is 1. The van der Waals surface area contributed by atoms with Gasteiger partial charge in [0.05, 0.1) is 0 Å². The lowest BCUT2D eigenvalue weighted by molar-refractivity contribution is -0.134. The number of nitrogens with one attached hydrogen (secondary N) is 1. The molecule has 80 valence electrons. The molecule has 0 aromatic carbocycles. The summed E-state index contributed by atoms with van der Waals surface area (Å²) in [6.45, 7) is 0. The Hall–Kier alpha value is -2.37. The van der Waals surface area contributed by atoms with E-state index in [1.165, 1.54) is 0 Å². The Morgan fingerprint density at radius 1 is 1.07 bits per heavy atom. The molecule has 0 aromatic heterocycles. The van der Waals surface area contributed by atoms with Gasteiger partial charge in [0.15, 0.2) is 0 Å². The molecular weight excluding hydrogens is 200 g/mol. The predicted octanol–water partition coefficient (Wildman–Crippen LogP) is 0.357. The Bertz CT molecular complexity index is 299. The van der Waals surface area contributed by atoms with Crippen molar-refractivity contribution in [2.75, 3.05) is 0 Å². The smallest absolute Gasteiger partial charge is 0.328 e. The SMILES string of the molecule is C1=CC=NNC=C1.O=C(O)C=CC(=O)O. The van der Waals surface area contributed by atoms with Gasteiger partial charge in [-0.1, -0.05) is 6.08 Å². The van der Waals surface area contributed by atoms with Crippen molar-refractivity contribution in [2.45, 2.75) is 0 Å². The first-order chi connectivity index (χ1) is 7.13. The van der Waals surface area contributed by atoms with Crippen LogP contribution in [0, 0.1) is 0 Å². The Kier molecular flexibility index (Phi) is 6.94. The van der Waals surface area contributed by atoms with E-state index in [2.05, 4.69) is 10.5 Å². The lowest BCUT2D eigenvalue weighted by atomic mass is 10.5. The van der Waals surface area contributed by atoms with E-state index in [1.807, 2.05) is 18.2 Å². The van der Waals surface area contributed by atoms with Crippen molar-refractivity contribution in [1.82, 2.24) is 5.43 Å². The molecule has 0 spiro atoms. The number of nitrogens with zero attached hydrogens (tertiary/aromatic N) is 1. The molecule has 1 rings (SSSR count). The third-order valence-electron chi connectivity index (χ3n) is 0.997. The Balaban J connectivity index is 0.000000262. The van der Waals surface area contributed by atoms with Crippen LogP contribution in [0.25, 0.3) is 0 Å². The molecule has 0 amide bonds. The Morgan fingerprint density at radius 3 is 2.20 bits per heavy atom. The van der Waals surface area contributed by atoms with Gasteiger partial charge in [-0.2, -0.15) is 5.10 Å². The molecule has 0 unspecified atom stereocenters. The van der Waals surface area contributed by atoms with E-state index in [0.717, 1.165) is 0 Å². The molecule has 1 aliphatic rings. The first kappa shape index (κ1) is 12.6. The van der Waals surface area contributed by atoms with Gasteiger partial charge < -0.3 is 10.2 Å². The van der Waals surface area contributed by atoms with Gasteiger partial charge in [0.25, 0.3) is 0 Å². The highest BCUT2D eigenvalue weighted by molar-refractivity contribution is 5.89. The molecule has 0 fully saturated rings. The normalized spacial score (nSPS) is 12.5. The largest absolute Gasteiger partial charge is 0.478 e. The number of hydrogen-bond acceptors (Lipinski definition) is 4. The van der Waals surface area contributed by atoms with E-state index in [9.17, 15) is 9.59 Å². The fourth-order valence-corrected chi connectivity index (χ4v) is 0.484. The van der Waals surface area contributed by atoms with Crippen molar-refractivity contribution in [2.24, 2.45) is 5.10 Å². The third-order valence-corrected chi connectivity index (χ3v) is 0.997. The molecule has 0 saturated heterocycles. The van der Waals surface area contributed by atoms with Crippen LogP contribution in [-0.4, -0.2) is 28.4 Å². The van der Waals surface area contributed by atoms with Crippen molar-refractivity contribution < 1.29 is 19.8 Å². The molecule has 3 N–H and O–H groups in total. The minimum absolute atomic E-state index is 0.558. The highest BCUT2D eigenvalue weighted by atomic mass is 16.4. The minimum Gasteiger partial charge on any atom is -0.478 e. The van der Waals surface area contributed by atoms with Gasteiger partial charge >= 0.3 is 11.9 Å². The van der Waals surface area contributed by atoms with Gasteiger partial charge in [0.1, 0.15) is 0 Å². The van der Waals surface area contributed by atoms with Crippen LogP contribution < -0.4 is 5.43 Å². The lowest BCUT2D eigenvalue weighted by Gasteiger charge is -1.78. The molecule has 1 heterocycles. The first-order valence-corrected chi connectivity index (χ1v) is 3.87. The summed E-state index contributed by atoms with van der Waals surface area (Å²) >= 11 is 0. The standard InChI is InChI=1S/C5H6N2.C4H4O4/c1-2-4-6-7-5-3-1;5-3(6)1-2-4(7)8/h1-6H;1-2H,(H,5,6)(H,7,8). The van der Waals surface area contributed by atoms with Gasteiger partial charge in [-0.3, -0.25) is 5.43 Å². The molecule has 0 bridgehead atoms. The first-order valence-electron chi connectivity index (χ1n) is 3.87. The van der Waals surface area contributed by atoms with E-state index in [0.29, 0.717) is 12.2 Å². The minimum atomic E-state index is -1.26. The molecule has 0 aliphatic carbocycles. The van der Waals surface area contributed by atoms with Crippen LogP contribution in [0.5, 0.6) is 0 Å². The highest BCUT2D eigenvalue weighted by Crippen LogP contribution is 1.76. The zero-order valence-corrected chi connectivity index (χ0v) is 7.70. The molecule has 1 aliphatic heterocycles. The van der Waals surface area contributed by atoms with Crippen molar-refractivity contribution in [3.8, 4) is 0 Å². The number of carboxylic acid groups (broad SMARTS) is 2. The molecule has 6 heteroatoms. The van der Waals surface area contributed by atoms with E-state index in [-0.39, 0.29) is 0 Å². The number of carboxylic acids is 2. The van der Waals surface area contributed by atoms with E-state index < -0.39 is 11.9 Å². The third kappa shape index (κ3) is 11.6. The molecule has 15 heavy (non-hydrogen) atoms. The van der Waals surface area contributed by atoms with Crippen LogP contribution in [-0.2, 0) is 9.59 Å². The number of aliphatic carboxylic acids is 2. The van der Waals surface area contributed by atoms with E-state index in [4.69, 9.17) is 10.2 Å². The molecular formula is C9H10N2O4. The number of allylic oxidation sites excluding steroid dienone is 3. The van der Waals surface area contributed by atoms with Crippen LogP contribution in [0.2, 0.25) is 0 Å². The molecule has 0 aromatic rings.